The second-order valence-electron chi connectivity index (χ2n) is 4.84. The summed E-state index contributed by atoms with van der Waals surface area (Å²) in [5.41, 5.74) is 5.52. The van der Waals surface area contributed by atoms with Gasteiger partial charge in [-0.3, -0.25) is 0 Å². The van der Waals surface area contributed by atoms with Gasteiger partial charge in [0, 0.05) is 10.6 Å². The first kappa shape index (κ1) is 16.6. The fraction of sp³-hybridized carbons (Fsp3) is 0.538. The van der Waals surface area contributed by atoms with Crippen molar-refractivity contribution >= 4 is 24.0 Å². The number of aliphatic hydroxyl groups excluding tert-OH is 1. The van der Waals surface area contributed by atoms with E-state index in [0.717, 1.165) is 37.8 Å². The van der Waals surface area contributed by atoms with Gasteiger partial charge in [-0.1, -0.05) is 24.4 Å². The van der Waals surface area contributed by atoms with Crippen LogP contribution in [0.2, 0.25) is 5.02 Å². The largest absolute Gasteiger partial charge is 0.391 e. The van der Waals surface area contributed by atoms with Gasteiger partial charge in [0.1, 0.15) is 11.6 Å². The molecule has 0 aromatic heterocycles. The predicted octanol–water partition coefficient (Wildman–Crippen LogP) is 3.59. The van der Waals surface area contributed by atoms with Crippen LogP contribution in [0.3, 0.4) is 0 Å². The summed E-state index contributed by atoms with van der Waals surface area (Å²) in [6.45, 7) is 0. The zero-order valence-corrected chi connectivity index (χ0v) is 11.9. The number of halogens is 4. The lowest BCUT2D eigenvalue weighted by Gasteiger charge is -2.25. The van der Waals surface area contributed by atoms with Crippen molar-refractivity contribution in [1.82, 2.24) is 0 Å². The molecule has 2 nitrogen and oxygen atoms in total. The summed E-state index contributed by atoms with van der Waals surface area (Å²) in [6.07, 6.45) is 2.84. The molecule has 19 heavy (non-hydrogen) atoms. The van der Waals surface area contributed by atoms with Crippen LogP contribution in [0.25, 0.3) is 0 Å². The first-order valence-electron chi connectivity index (χ1n) is 6.09. The van der Waals surface area contributed by atoms with E-state index < -0.39 is 23.8 Å². The van der Waals surface area contributed by atoms with Gasteiger partial charge < -0.3 is 10.8 Å². The third kappa shape index (κ3) is 3.57. The van der Waals surface area contributed by atoms with Gasteiger partial charge in [-0.25, -0.2) is 8.78 Å². The Bertz CT molecular complexity index is 416. The zero-order valence-electron chi connectivity index (χ0n) is 10.3. The molecule has 1 aliphatic carbocycles. The minimum atomic E-state index is -1.05. The smallest absolute Gasteiger partial charge is 0.132 e. The molecule has 1 fully saturated rings. The second kappa shape index (κ2) is 6.84. The molecule has 0 heterocycles. The Kier molecular flexibility index (Phi) is 5.99. The van der Waals surface area contributed by atoms with Crippen molar-refractivity contribution in [3.05, 3.63) is 34.4 Å². The third-order valence-electron chi connectivity index (χ3n) is 3.63. The molecule has 1 aromatic rings. The Morgan fingerprint density at radius 1 is 1.21 bits per heavy atom. The summed E-state index contributed by atoms with van der Waals surface area (Å²) in [7, 11) is 0. The molecule has 0 spiro atoms. The Balaban J connectivity index is 0.00000180. The number of nitrogens with two attached hydrogens (primary N) is 1. The average molecular weight is 312 g/mol. The van der Waals surface area contributed by atoms with Crippen LogP contribution in [0, 0.1) is 17.6 Å². The Labute approximate surface area is 122 Å². The normalized spacial score (nSPS) is 19.0. The Morgan fingerprint density at radius 3 is 2.16 bits per heavy atom. The van der Waals surface area contributed by atoms with Crippen LogP contribution in [0.4, 0.5) is 8.78 Å². The summed E-state index contributed by atoms with van der Waals surface area (Å²) in [6, 6.07) is 0.980. The number of rotatable bonds is 3. The van der Waals surface area contributed by atoms with Gasteiger partial charge in [0.05, 0.1) is 12.1 Å². The van der Waals surface area contributed by atoms with Crippen LogP contribution in [0.1, 0.15) is 37.3 Å². The molecule has 0 aliphatic heterocycles. The maximum Gasteiger partial charge on any atom is 0.132 e. The molecule has 2 rings (SSSR count). The molecule has 2 atom stereocenters. The number of benzene rings is 1. The van der Waals surface area contributed by atoms with E-state index in [1.165, 1.54) is 0 Å². The van der Waals surface area contributed by atoms with Crippen molar-refractivity contribution in [2.24, 2.45) is 11.7 Å². The average Bonchev–Trinajstić information content (AvgIpc) is 2.79. The van der Waals surface area contributed by atoms with Crippen LogP contribution in [-0.2, 0) is 0 Å². The molecular weight excluding hydrogens is 295 g/mol. The maximum absolute atomic E-state index is 13.7. The first-order chi connectivity index (χ1) is 8.50. The Hall–Kier alpha value is -0.420. The third-order valence-corrected chi connectivity index (χ3v) is 3.85. The van der Waals surface area contributed by atoms with Crippen molar-refractivity contribution in [3.8, 4) is 0 Å². The molecule has 0 radical (unpaired) electrons. The minimum Gasteiger partial charge on any atom is -0.391 e. The van der Waals surface area contributed by atoms with Gasteiger partial charge in [-0.15, -0.1) is 12.4 Å². The molecule has 3 N–H and O–H groups in total. The zero-order chi connectivity index (χ0) is 13.3. The van der Waals surface area contributed by atoms with E-state index in [9.17, 15) is 13.9 Å². The van der Waals surface area contributed by atoms with Gasteiger partial charge in [-0.2, -0.15) is 0 Å². The fourth-order valence-electron chi connectivity index (χ4n) is 2.63. The highest BCUT2D eigenvalue weighted by Crippen LogP contribution is 2.34. The monoisotopic (exact) mass is 311 g/mol. The van der Waals surface area contributed by atoms with Crippen LogP contribution >= 0.6 is 24.0 Å². The maximum atomic E-state index is 13.7. The fourth-order valence-corrected chi connectivity index (χ4v) is 2.83. The van der Waals surface area contributed by atoms with E-state index in [-0.39, 0.29) is 28.9 Å². The van der Waals surface area contributed by atoms with Crippen molar-refractivity contribution < 1.29 is 13.9 Å². The summed E-state index contributed by atoms with van der Waals surface area (Å²) in [5, 5.41) is 10.1. The summed E-state index contributed by atoms with van der Waals surface area (Å²) in [5.74, 6) is -1.58. The summed E-state index contributed by atoms with van der Waals surface area (Å²) >= 11 is 5.55. The van der Waals surface area contributed by atoms with Crippen molar-refractivity contribution in [2.45, 2.75) is 37.8 Å². The van der Waals surface area contributed by atoms with Crippen molar-refractivity contribution in [3.63, 3.8) is 0 Å². The molecule has 1 aliphatic rings. The lowest BCUT2D eigenvalue weighted by Crippen LogP contribution is -2.33. The molecular formula is C13H17Cl2F2NO. The summed E-state index contributed by atoms with van der Waals surface area (Å²) < 4.78 is 27.4. The van der Waals surface area contributed by atoms with Crippen LogP contribution in [-0.4, -0.2) is 11.2 Å². The van der Waals surface area contributed by atoms with Crippen molar-refractivity contribution in [1.29, 1.82) is 0 Å². The standard InChI is InChI=1S/C13H16ClF2NO.ClH/c14-8-5-9(15)11(10(16)6-8)12(17)13(18)7-3-1-2-4-7;/h5-7,12-13,18H,1-4,17H2;1H/t12-,13+;/m1./s1. The van der Waals surface area contributed by atoms with Crippen LogP contribution < -0.4 is 5.73 Å². The lowest BCUT2D eigenvalue weighted by molar-refractivity contribution is 0.0819. The Morgan fingerprint density at radius 2 is 1.68 bits per heavy atom. The molecule has 1 saturated carbocycles. The molecule has 0 amide bonds. The molecule has 6 heteroatoms. The topological polar surface area (TPSA) is 46.2 Å². The minimum absolute atomic E-state index is 0. The van der Waals surface area contributed by atoms with E-state index in [0.29, 0.717) is 0 Å². The quantitative estimate of drug-likeness (QED) is 0.896. The number of hydrogen-bond donors (Lipinski definition) is 2. The molecule has 108 valence electrons. The SMILES string of the molecule is Cl.N[C@H](c1c(F)cc(Cl)cc1F)[C@@H](O)C1CCCC1. The van der Waals surface area contributed by atoms with E-state index in [2.05, 4.69) is 0 Å². The number of aliphatic hydroxyl groups is 1. The van der Waals surface area contributed by atoms with Crippen LogP contribution in [0.15, 0.2) is 12.1 Å². The summed E-state index contributed by atoms with van der Waals surface area (Å²) in [4.78, 5) is 0. The second-order valence-corrected chi connectivity index (χ2v) is 5.28. The van der Waals surface area contributed by atoms with E-state index in [4.69, 9.17) is 17.3 Å². The first-order valence-corrected chi connectivity index (χ1v) is 6.46. The highest BCUT2D eigenvalue weighted by Gasteiger charge is 2.31. The van der Waals surface area contributed by atoms with Crippen molar-refractivity contribution in [2.75, 3.05) is 0 Å². The van der Waals surface area contributed by atoms with Gasteiger partial charge in [0.15, 0.2) is 0 Å². The van der Waals surface area contributed by atoms with Crippen LogP contribution in [0.5, 0.6) is 0 Å². The van der Waals surface area contributed by atoms with E-state index >= 15 is 0 Å². The highest BCUT2D eigenvalue weighted by atomic mass is 35.5. The van der Waals surface area contributed by atoms with Gasteiger partial charge in [0.2, 0.25) is 0 Å². The highest BCUT2D eigenvalue weighted by molar-refractivity contribution is 6.30. The predicted molar refractivity (Wildman–Crippen MR) is 73.5 cm³/mol. The lowest BCUT2D eigenvalue weighted by atomic mass is 9.90. The van der Waals surface area contributed by atoms with E-state index in [1.807, 2.05) is 0 Å². The molecule has 0 saturated heterocycles. The van der Waals surface area contributed by atoms with Gasteiger partial charge in [-0.05, 0) is 30.9 Å². The van der Waals surface area contributed by atoms with E-state index in [1.54, 1.807) is 0 Å². The number of hydrogen-bond acceptors (Lipinski definition) is 2. The van der Waals surface area contributed by atoms with Gasteiger partial charge >= 0.3 is 0 Å². The molecule has 1 aromatic carbocycles. The molecule has 0 bridgehead atoms. The molecule has 0 unspecified atom stereocenters. The van der Waals surface area contributed by atoms with Gasteiger partial charge in [0.25, 0.3) is 0 Å².